The lowest BCUT2D eigenvalue weighted by Gasteiger charge is -2.43. The number of aromatic nitrogens is 4. The van der Waals surface area contributed by atoms with Crippen molar-refractivity contribution in [3.8, 4) is 0 Å². The summed E-state index contributed by atoms with van der Waals surface area (Å²) in [5.74, 6) is 2.09. The Morgan fingerprint density at radius 3 is 2.36 bits per heavy atom. The molecule has 3 aliphatic rings. The molecule has 0 bridgehead atoms. The number of anilines is 1. The first kappa shape index (κ1) is 18.2. The van der Waals surface area contributed by atoms with E-state index in [9.17, 15) is 15.3 Å². The Hall–Kier alpha value is -1.81. The van der Waals surface area contributed by atoms with E-state index in [0.29, 0.717) is 34.9 Å². The average Bonchev–Trinajstić information content (AvgIpc) is 3.14. The molecular weight excluding hydrogens is 362 g/mol. The molecule has 5 rings (SSSR count). The Labute approximate surface area is 162 Å². The van der Waals surface area contributed by atoms with Crippen molar-refractivity contribution >= 4 is 17.0 Å². The van der Waals surface area contributed by atoms with E-state index in [2.05, 4.69) is 20.3 Å². The number of nitrogens with zero attached hydrogens (tertiary/aromatic N) is 4. The van der Waals surface area contributed by atoms with Crippen molar-refractivity contribution in [3.63, 3.8) is 0 Å². The molecule has 1 aliphatic heterocycles. The Kier molecular flexibility index (Phi) is 4.70. The number of hydrogen-bond acceptors (Lipinski definition) is 8. The number of nitrogens with one attached hydrogen (secondary N) is 1. The van der Waals surface area contributed by atoms with Gasteiger partial charge in [0.15, 0.2) is 23.2 Å². The second-order valence-corrected chi connectivity index (χ2v) is 8.33. The molecule has 0 aromatic carbocycles. The van der Waals surface area contributed by atoms with Gasteiger partial charge in [-0.25, -0.2) is 15.0 Å². The summed E-state index contributed by atoms with van der Waals surface area (Å²) >= 11 is 0. The van der Waals surface area contributed by atoms with Crippen molar-refractivity contribution in [3.05, 3.63) is 12.7 Å². The maximum absolute atomic E-state index is 10.3. The van der Waals surface area contributed by atoms with Gasteiger partial charge in [0.1, 0.15) is 24.6 Å². The van der Waals surface area contributed by atoms with Gasteiger partial charge in [-0.3, -0.25) is 4.57 Å². The van der Waals surface area contributed by atoms with E-state index in [1.54, 1.807) is 10.9 Å². The van der Waals surface area contributed by atoms with Crippen LogP contribution in [-0.2, 0) is 4.74 Å². The zero-order valence-electron chi connectivity index (χ0n) is 15.7. The maximum Gasteiger partial charge on any atom is 0.167 e. The highest BCUT2D eigenvalue weighted by molar-refractivity contribution is 5.82. The van der Waals surface area contributed by atoms with E-state index in [-0.39, 0.29) is 6.61 Å². The number of aliphatic hydroxyl groups is 3. The number of hydrogen-bond donors (Lipinski definition) is 4. The molecule has 3 fully saturated rings. The lowest BCUT2D eigenvalue weighted by molar-refractivity contribution is -0.0511. The lowest BCUT2D eigenvalue weighted by Crippen LogP contribution is -2.42. The van der Waals surface area contributed by atoms with E-state index in [1.807, 2.05) is 0 Å². The normalized spacial score (nSPS) is 31.3. The molecule has 0 amide bonds. The summed E-state index contributed by atoms with van der Waals surface area (Å²) in [5, 5.41) is 33.4. The fourth-order valence-corrected chi connectivity index (χ4v) is 4.63. The summed E-state index contributed by atoms with van der Waals surface area (Å²) in [4.78, 5) is 13.3. The molecule has 0 radical (unpaired) electrons. The molecule has 9 nitrogen and oxygen atoms in total. The van der Waals surface area contributed by atoms with Crippen LogP contribution < -0.4 is 5.32 Å². The molecule has 28 heavy (non-hydrogen) atoms. The van der Waals surface area contributed by atoms with Gasteiger partial charge in [0, 0.05) is 6.04 Å². The van der Waals surface area contributed by atoms with E-state index >= 15 is 0 Å². The molecule has 2 aromatic rings. The maximum atomic E-state index is 10.3. The second kappa shape index (κ2) is 7.22. The summed E-state index contributed by atoms with van der Waals surface area (Å²) < 4.78 is 7.23. The van der Waals surface area contributed by atoms with Gasteiger partial charge in [-0.2, -0.15) is 0 Å². The number of rotatable bonds is 6. The van der Waals surface area contributed by atoms with Gasteiger partial charge < -0.3 is 25.4 Å². The van der Waals surface area contributed by atoms with Gasteiger partial charge >= 0.3 is 0 Å². The number of ether oxygens (including phenoxy) is 1. The van der Waals surface area contributed by atoms with E-state index < -0.39 is 24.5 Å². The van der Waals surface area contributed by atoms with Crippen LogP contribution in [-0.4, -0.2) is 65.8 Å². The highest BCUT2D eigenvalue weighted by atomic mass is 16.6. The monoisotopic (exact) mass is 389 g/mol. The van der Waals surface area contributed by atoms with Gasteiger partial charge in [0.2, 0.25) is 0 Å². The Balaban J connectivity index is 1.44. The van der Waals surface area contributed by atoms with Crippen molar-refractivity contribution in [2.24, 2.45) is 11.8 Å². The summed E-state index contributed by atoms with van der Waals surface area (Å²) in [6.07, 6.45) is 6.68. The summed E-state index contributed by atoms with van der Waals surface area (Å²) in [5.41, 5.74) is 1.16. The number of aliphatic hydroxyl groups excluding tert-OH is 3. The zero-order chi connectivity index (χ0) is 19.3. The topological polar surface area (TPSA) is 126 Å². The molecule has 1 saturated heterocycles. The van der Waals surface area contributed by atoms with Crippen LogP contribution in [0.2, 0.25) is 0 Å². The van der Waals surface area contributed by atoms with Crippen LogP contribution in [0.5, 0.6) is 0 Å². The molecule has 0 spiro atoms. The molecule has 2 saturated carbocycles. The first-order chi connectivity index (χ1) is 13.7. The van der Waals surface area contributed by atoms with Crippen LogP contribution in [0.3, 0.4) is 0 Å². The molecular formula is C19H27N5O4. The Morgan fingerprint density at radius 1 is 1.07 bits per heavy atom. The van der Waals surface area contributed by atoms with Crippen molar-refractivity contribution in [2.45, 2.75) is 69.1 Å². The predicted molar refractivity (Wildman–Crippen MR) is 100 cm³/mol. The van der Waals surface area contributed by atoms with Crippen LogP contribution in [0.15, 0.2) is 12.7 Å². The van der Waals surface area contributed by atoms with E-state index in [1.165, 1.54) is 44.9 Å². The third-order valence-corrected chi connectivity index (χ3v) is 6.77. The van der Waals surface area contributed by atoms with Crippen molar-refractivity contribution in [1.29, 1.82) is 0 Å². The molecule has 3 heterocycles. The third kappa shape index (κ3) is 2.88. The first-order valence-corrected chi connectivity index (χ1v) is 10.2. The van der Waals surface area contributed by atoms with Crippen LogP contribution in [0, 0.1) is 11.8 Å². The van der Waals surface area contributed by atoms with Crippen LogP contribution in [0.1, 0.15) is 44.8 Å². The third-order valence-electron chi connectivity index (χ3n) is 6.77. The molecule has 1 unspecified atom stereocenters. The lowest BCUT2D eigenvalue weighted by atomic mass is 9.68. The van der Waals surface area contributed by atoms with E-state index in [4.69, 9.17) is 4.74 Å². The zero-order valence-corrected chi connectivity index (χ0v) is 15.7. The van der Waals surface area contributed by atoms with Crippen molar-refractivity contribution in [1.82, 2.24) is 19.5 Å². The summed E-state index contributed by atoms with van der Waals surface area (Å²) in [7, 11) is 0. The highest BCUT2D eigenvalue weighted by Crippen LogP contribution is 2.42. The largest absolute Gasteiger partial charge is 0.394 e. The SMILES string of the molecule is OC[C@H]1O[C@@H](n2cnc3c(NC(C4CCC4)C4CCC4)ncnc32)[C@H](O)C1O. The predicted octanol–water partition coefficient (Wildman–Crippen LogP) is 0.818. The highest BCUT2D eigenvalue weighted by Gasteiger charge is 2.44. The van der Waals surface area contributed by atoms with Gasteiger partial charge in [0.05, 0.1) is 12.9 Å². The summed E-state index contributed by atoms with van der Waals surface area (Å²) in [6, 6.07) is 0.416. The smallest absolute Gasteiger partial charge is 0.167 e. The molecule has 152 valence electrons. The minimum Gasteiger partial charge on any atom is -0.394 e. The standard InChI is InChI=1S/C19H27N5O4/c25-7-12-15(26)16(27)19(28-12)24-9-22-14-17(20-8-21-18(14)24)23-13(10-3-1-4-10)11-5-2-6-11/h8-13,15-16,19,25-27H,1-7H2,(H,20,21,23)/t12-,15?,16-,19-/m1/s1. The molecule has 4 N–H and O–H groups in total. The number of imidazole rings is 1. The van der Waals surface area contributed by atoms with Gasteiger partial charge in [-0.05, 0) is 37.5 Å². The van der Waals surface area contributed by atoms with Crippen LogP contribution in [0.25, 0.3) is 11.2 Å². The van der Waals surface area contributed by atoms with Crippen molar-refractivity contribution in [2.75, 3.05) is 11.9 Å². The van der Waals surface area contributed by atoms with Gasteiger partial charge in [-0.15, -0.1) is 0 Å². The quantitative estimate of drug-likeness (QED) is 0.572. The van der Waals surface area contributed by atoms with Crippen LogP contribution >= 0.6 is 0 Å². The van der Waals surface area contributed by atoms with Crippen LogP contribution in [0.4, 0.5) is 5.82 Å². The molecule has 2 aliphatic carbocycles. The average molecular weight is 389 g/mol. The Morgan fingerprint density at radius 2 is 1.79 bits per heavy atom. The van der Waals surface area contributed by atoms with Crippen molar-refractivity contribution < 1.29 is 20.1 Å². The minimum atomic E-state index is -1.17. The first-order valence-electron chi connectivity index (χ1n) is 10.2. The second-order valence-electron chi connectivity index (χ2n) is 8.33. The van der Waals surface area contributed by atoms with E-state index in [0.717, 1.165) is 0 Å². The minimum absolute atomic E-state index is 0.367. The van der Waals surface area contributed by atoms with Gasteiger partial charge in [0.25, 0.3) is 0 Å². The molecule has 9 heteroatoms. The fraction of sp³-hybridized carbons (Fsp3) is 0.737. The fourth-order valence-electron chi connectivity index (χ4n) is 4.63. The number of fused-ring (bicyclic) bond motifs is 1. The summed E-state index contributed by atoms with van der Waals surface area (Å²) in [6.45, 7) is -0.367. The molecule has 2 aromatic heterocycles. The molecule has 4 atom stereocenters. The Bertz CT molecular complexity index is 823. The van der Waals surface area contributed by atoms with Gasteiger partial charge in [-0.1, -0.05) is 12.8 Å².